The van der Waals surface area contributed by atoms with Gasteiger partial charge in [0.25, 0.3) is 0 Å². The Labute approximate surface area is 119 Å². The van der Waals surface area contributed by atoms with Gasteiger partial charge < -0.3 is 20.3 Å². The number of nitrogens with zero attached hydrogens (tertiary/aromatic N) is 1. The molecule has 0 aromatic rings. The maximum absolute atomic E-state index is 12.3. The maximum Gasteiger partial charge on any atom is 0.248 e. The lowest BCUT2D eigenvalue weighted by Crippen LogP contribution is -2.50. The molecule has 0 aliphatic carbocycles. The van der Waals surface area contributed by atoms with Crippen molar-refractivity contribution in [3.63, 3.8) is 0 Å². The number of carbonyl (C=O) groups excluding carboxylic acids is 2. The fourth-order valence-electron chi connectivity index (χ4n) is 3.50. The molecule has 3 heterocycles. The zero-order valence-electron chi connectivity index (χ0n) is 11.8. The van der Waals surface area contributed by atoms with E-state index in [-0.39, 0.29) is 36.5 Å². The fraction of sp³-hybridized carbons (Fsp3) is 0.857. The van der Waals surface area contributed by atoms with Crippen LogP contribution < -0.4 is 10.6 Å². The Morgan fingerprint density at radius 1 is 1.30 bits per heavy atom. The van der Waals surface area contributed by atoms with Crippen molar-refractivity contribution in [1.29, 1.82) is 0 Å². The first-order chi connectivity index (χ1) is 9.75. The molecule has 3 saturated heterocycles. The van der Waals surface area contributed by atoms with Crippen molar-refractivity contribution in [2.45, 2.75) is 37.8 Å². The Hall–Kier alpha value is -1.14. The SMILES string of the molecule is O=C1NCC2C1CCCN2C(=O)COC1CCNCC1. The van der Waals surface area contributed by atoms with Gasteiger partial charge in [0.1, 0.15) is 6.61 Å². The number of amides is 2. The minimum Gasteiger partial charge on any atom is -0.368 e. The third-order valence-corrected chi connectivity index (χ3v) is 4.65. The molecule has 6 heteroatoms. The molecule has 0 radical (unpaired) electrons. The van der Waals surface area contributed by atoms with Crippen LogP contribution in [0.25, 0.3) is 0 Å². The van der Waals surface area contributed by atoms with Gasteiger partial charge in [0.15, 0.2) is 0 Å². The van der Waals surface area contributed by atoms with Gasteiger partial charge in [0, 0.05) is 13.1 Å². The number of rotatable bonds is 3. The Bertz CT molecular complexity index is 382. The molecule has 20 heavy (non-hydrogen) atoms. The number of piperidine rings is 2. The Kier molecular flexibility index (Phi) is 4.21. The van der Waals surface area contributed by atoms with Gasteiger partial charge in [-0.1, -0.05) is 0 Å². The third-order valence-electron chi connectivity index (χ3n) is 4.65. The van der Waals surface area contributed by atoms with Crippen LogP contribution in [-0.4, -0.2) is 61.6 Å². The second kappa shape index (κ2) is 6.10. The van der Waals surface area contributed by atoms with Gasteiger partial charge in [0.05, 0.1) is 18.1 Å². The first-order valence-corrected chi connectivity index (χ1v) is 7.65. The standard InChI is InChI=1S/C14H23N3O3/c18-13(9-20-10-3-5-15-6-4-10)17-7-1-2-11-12(17)8-16-14(11)19/h10-12,15H,1-9H2,(H,16,19). The summed E-state index contributed by atoms with van der Waals surface area (Å²) in [4.78, 5) is 25.9. The largest absolute Gasteiger partial charge is 0.368 e. The van der Waals surface area contributed by atoms with Crippen LogP contribution in [0, 0.1) is 5.92 Å². The lowest BCUT2D eigenvalue weighted by molar-refractivity contribution is -0.143. The highest BCUT2D eigenvalue weighted by Crippen LogP contribution is 2.27. The van der Waals surface area contributed by atoms with Crippen molar-refractivity contribution in [3.8, 4) is 0 Å². The molecule has 3 aliphatic rings. The van der Waals surface area contributed by atoms with E-state index < -0.39 is 0 Å². The molecule has 2 N–H and O–H groups in total. The van der Waals surface area contributed by atoms with Crippen LogP contribution >= 0.6 is 0 Å². The molecule has 0 aromatic heterocycles. The number of likely N-dealkylation sites (tertiary alicyclic amines) is 1. The van der Waals surface area contributed by atoms with E-state index in [1.165, 1.54) is 0 Å². The van der Waals surface area contributed by atoms with E-state index in [1.807, 2.05) is 4.90 Å². The quantitative estimate of drug-likeness (QED) is 0.731. The highest BCUT2D eigenvalue weighted by atomic mass is 16.5. The highest BCUT2D eigenvalue weighted by Gasteiger charge is 2.42. The summed E-state index contributed by atoms with van der Waals surface area (Å²) in [5.74, 6) is 0.132. The summed E-state index contributed by atoms with van der Waals surface area (Å²) in [6.07, 6.45) is 3.95. The maximum atomic E-state index is 12.3. The van der Waals surface area contributed by atoms with E-state index in [2.05, 4.69) is 10.6 Å². The molecule has 3 rings (SSSR count). The van der Waals surface area contributed by atoms with Crippen molar-refractivity contribution in [3.05, 3.63) is 0 Å². The summed E-state index contributed by atoms with van der Waals surface area (Å²) in [6.45, 7) is 3.44. The van der Waals surface area contributed by atoms with Gasteiger partial charge in [-0.3, -0.25) is 9.59 Å². The number of hydrogen-bond acceptors (Lipinski definition) is 4. The van der Waals surface area contributed by atoms with Gasteiger partial charge in [-0.2, -0.15) is 0 Å². The van der Waals surface area contributed by atoms with Crippen LogP contribution in [0.5, 0.6) is 0 Å². The average molecular weight is 281 g/mol. The molecule has 2 amide bonds. The summed E-state index contributed by atoms with van der Waals surface area (Å²) in [7, 11) is 0. The average Bonchev–Trinajstić information content (AvgIpc) is 2.87. The van der Waals surface area contributed by atoms with Gasteiger partial charge in [-0.15, -0.1) is 0 Å². The van der Waals surface area contributed by atoms with Gasteiger partial charge >= 0.3 is 0 Å². The summed E-state index contributed by atoms with van der Waals surface area (Å²) in [5, 5.41) is 6.15. The van der Waals surface area contributed by atoms with Gasteiger partial charge in [0.2, 0.25) is 11.8 Å². The molecule has 0 bridgehead atoms. The second-order valence-corrected chi connectivity index (χ2v) is 5.91. The van der Waals surface area contributed by atoms with Crippen LogP contribution in [0.2, 0.25) is 0 Å². The van der Waals surface area contributed by atoms with Crippen molar-refractivity contribution >= 4 is 11.8 Å². The number of fused-ring (bicyclic) bond motifs is 1. The van der Waals surface area contributed by atoms with E-state index in [0.717, 1.165) is 45.3 Å². The molecule has 2 atom stereocenters. The molecule has 3 fully saturated rings. The Morgan fingerprint density at radius 3 is 2.90 bits per heavy atom. The molecule has 6 nitrogen and oxygen atoms in total. The molecule has 2 unspecified atom stereocenters. The Morgan fingerprint density at radius 2 is 2.10 bits per heavy atom. The van der Waals surface area contributed by atoms with Gasteiger partial charge in [-0.05, 0) is 38.8 Å². The number of carbonyl (C=O) groups is 2. The van der Waals surface area contributed by atoms with Crippen LogP contribution in [0.1, 0.15) is 25.7 Å². The van der Waals surface area contributed by atoms with Crippen molar-refractivity contribution in [1.82, 2.24) is 15.5 Å². The first kappa shape index (κ1) is 13.8. The first-order valence-electron chi connectivity index (χ1n) is 7.65. The summed E-state index contributed by atoms with van der Waals surface area (Å²) >= 11 is 0. The van der Waals surface area contributed by atoms with E-state index in [0.29, 0.717) is 6.54 Å². The zero-order chi connectivity index (χ0) is 13.9. The molecule has 112 valence electrons. The zero-order valence-corrected chi connectivity index (χ0v) is 11.8. The molecular weight excluding hydrogens is 258 g/mol. The van der Waals surface area contributed by atoms with Gasteiger partial charge in [-0.25, -0.2) is 0 Å². The lowest BCUT2D eigenvalue weighted by Gasteiger charge is -2.36. The smallest absolute Gasteiger partial charge is 0.248 e. The van der Waals surface area contributed by atoms with Crippen molar-refractivity contribution in [2.75, 3.05) is 32.8 Å². The number of nitrogens with one attached hydrogen (secondary N) is 2. The minimum absolute atomic E-state index is 0.00780. The third kappa shape index (κ3) is 2.81. The van der Waals surface area contributed by atoms with E-state index in [9.17, 15) is 9.59 Å². The summed E-state index contributed by atoms with van der Waals surface area (Å²) < 4.78 is 5.74. The molecule has 3 aliphatic heterocycles. The highest BCUT2D eigenvalue weighted by molar-refractivity contribution is 5.85. The molecule has 0 spiro atoms. The number of ether oxygens (including phenoxy) is 1. The fourth-order valence-corrected chi connectivity index (χ4v) is 3.50. The number of hydrogen-bond donors (Lipinski definition) is 2. The normalized spacial score (nSPS) is 31.0. The molecule has 0 saturated carbocycles. The summed E-state index contributed by atoms with van der Waals surface area (Å²) in [5.41, 5.74) is 0. The minimum atomic E-state index is -0.00780. The van der Waals surface area contributed by atoms with E-state index >= 15 is 0 Å². The Balaban J connectivity index is 1.52. The summed E-state index contributed by atoms with van der Waals surface area (Å²) in [6, 6.07) is 0.0420. The van der Waals surface area contributed by atoms with Crippen molar-refractivity contribution < 1.29 is 14.3 Å². The predicted octanol–water partition coefficient (Wildman–Crippen LogP) is -0.508. The predicted molar refractivity (Wildman–Crippen MR) is 73.1 cm³/mol. The topological polar surface area (TPSA) is 70.7 Å². The van der Waals surface area contributed by atoms with Crippen LogP contribution in [0.15, 0.2) is 0 Å². The molecule has 0 aromatic carbocycles. The molecular formula is C14H23N3O3. The van der Waals surface area contributed by atoms with E-state index in [4.69, 9.17) is 4.74 Å². The van der Waals surface area contributed by atoms with Crippen LogP contribution in [-0.2, 0) is 14.3 Å². The van der Waals surface area contributed by atoms with Crippen LogP contribution in [0.3, 0.4) is 0 Å². The van der Waals surface area contributed by atoms with Crippen LogP contribution in [0.4, 0.5) is 0 Å². The monoisotopic (exact) mass is 281 g/mol. The van der Waals surface area contributed by atoms with Crippen molar-refractivity contribution in [2.24, 2.45) is 5.92 Å². The van der Waals surface area contributed by atoms with E-state index in [1.54, 1.807) is 0 Å². The second-order valence-electron chi connectivity index (χ2n) is 5.91. The lowest BCUT2D eigenvalue weighted by atomic mass is 9.91.